The zero-order chi connectivity index (χ0) is 21.9. The van der Waals surface area contributed by atoms with Crippen LogP contribution >= 0.6 is 0 Å². The van der Waals surface area contributed by atoms with Crippen molar-refractivity contribution < 1.29 is 9.21 Å². The fraction of sp³-hybridized carbons (Fsp3) is 0.308. The zero-order valence-corrected chi connectivity index (χ0v) is 18.3. The van der Waals surface area contributed by atoms with Gasteiger partial charge in [0.25, 0.3) is 0 Å². The Morgan fingerprint density at radius 1 is 1.00 bits per heavy atom. The van der Waals surface area contributed by atoms with Crippen LogP contribution in [0.25, 0.3) is 11.0 Å². The molecular weight excluding hydrogens is 388 g/mol. The highest BCUT2D eigenvalue weighted by molar-refractivity contribution is 6.01. The summed E-state index contributed by atoms with van der Waals surface area (Å²) in [5, 5.41) is 7.56. The smallest absolute Gasteiger partial charge is 0.198 e. The molecule has 31 heavy (non-hydrogen) atoms. The summed E-state index contributed by atoms with van der Waals surface area (Å²) in [4.78, 5) is 26.8. The fourth-order valence-electron chi connectivity index (χ4n) is 4.74. The van der Waals surface area contributed by atoms with Crippen LogP contribution in [0.3, 0.4) is 0 Å². The average Bonchev–Trinajstić information content (AvgIpc) is 2.84. The number of Topliss-reactive ketones (excluding diaryl/α,β-unsaturated/α-hetero) is 1. The number of carbonyl (C=O) groups is 1. The van der Waals surface area contributed by atoms with Gasteiger partial charge in [-0.05, 0) is 61.1 Å². The third-order valence-corrected chi connectivity index (χ3v) is 6.45. The highest BCUT2D eigenvalue weighted by atomic mass is 16.3. The summed E-state index contributed by atoms with van der Waals surface area (Å²) in [6, 6.07) is 10.8. The van der Waals surface area contributed by atoms with E-state index in [9.17, 15) is 9.59 Å². The molecule has 2 aromatic carbocycles. The van der Waals surface area contributed by atoms with E-state index in [0.29, 0.717) is 28.5 Å². The summed E-state index contributed by atoms with van der Waals surface area (Å²) in [5.74, 6) is 0.0602. The molecule has 0 saturated heterocycles. The molecule has 158 valence electrons. The number of fused-ring (bicyclic) bond motifs is 2. The van der Waals surface area contributed by atoms with Gasteiger partial charge in [-0.1, -0.05) is 26.0 Å². The van der Waals surface area contributed by atoms with Gasteiger partial charge in [0.2, 0.25) is 0 Å². The van der Waals surface area contributed by atoms with Crippen molar-refractivity contribution in [3.8, 4) is 0 Å². The molecule has 0 radical (unpaired) electrons. The van der Waals surface area contributed by atoms with Crippen molar-refractivity contribution in [3.63, 3.8) is 0 Å². The number of carbonyl (C=O) groups excluding carboxylic acids is 1. The number of benzene rings is 2. The SMILES string of the molecule is Cc1cc2c(cc1C)N[C@@H](c1coc3ccccc3c1=O)C1=C(CC(C)(C)CC1=O)N2. The molecule has 2 aliphatic rings. The van der Waals surface area contributed by atoms with E-state index in [2.05, 4.69) is 50.5 Å². The highest BCUT2D eigenvalue weighted by Crippen LogP contribution is 2.45. The second-order valence-corrected chi connectivity index (χ2v) is 9.53. The monoisotopic (exact) mass is 414 g/mol. The van der Waals surface area contributed by atoms with E-state index in [4.69, 9.17) is 4.42 Å². The molecule has 0 spiro atoms. The van der Waals surface area contributed by atoms with Crippen LogP contribution in [-0.2, 0) is 4.79 Å². The van der Waals surface area contributed by atoms with Gasteiger partial charge in [-0.2, -0.15) is 0 Å². The van der Waals surface area contributed by atoms with Crippen molar-refractivity contribution in [1.82, 2.24) is 0 Å². The number of aryl methyl sites for hydroxylation is 2. The van der Waals surface area contributed by atoms with Gasteiger partial charge in [0, 0.05) is 17.7 Å². The number of para-hydroxylation sites is 1. The minimum absolute atomic E-state index is 0.0602. The maximum absolute atomic E-state index is 13.4. The quantitative estimate of drug-likeness (QED) is 0.540. The Labute approximate surface area is 181 Å². The van der Waals surface area contributed by atoms with E-state index in [1.165, 1.54) is 11.8 Å². The summed E-state index contributed by atoms with van der Waals surface area (Å²) in [7, 11) is 0. The standard InChI is InChI=1S/C26H26N2O3/c1-14-9-18-19(10-15(14)2)28-24(23-20(27-18)11-26(3,4)12-21(23)29)17-13-31-22-8-6-5-7-16(22)25(17)30/h5-10,13,24,27-28H,11-12H2,1-4H3/t24-/m0/s1. The van der Waals surface area contributed by atoms with Crippen LogP contribution in [0.2, 0.25) is 0 Å². The van der Waals surface area contributed by atoms with Crippen LogP contribution in [0, 0.1) is 19.3 Å². The van der Waals surface area contributed by atoms with E-state index in [1.807, 2.05) is 12.1 Å². The van der Waals surface area contributed by atoms with Crippen molar-refractivity contribution >= 4 is 28.1 Å². The first-order valence-corrected chi connectivity index (χ1v) is 10.6. The number of nitrogens with one attached hydrogen (secondary N) is 2. The third-order valence-electron chi connectivity index (χ3n) is 6.45. The highest BCUT2D eigenvalue weighted by Gasteiger charge is 2.39. The number of hydrogen-bond donors (Lipinski definition) is 2. The molecule has 5 nitrogen and oxygen atoms in total. The van der Waals surface area contributed by atoms with Gasteiger partial charge in [-0.15, -0.1) is 0 Å². The lowest BCUT2D eigenvalue weighted by molar-refractivity contribution is -0.118. The number of allylic oxidation sites excluding steroid dienone is 1. The van der Waals surface area contributed by atoms with Gasteiger partial charge in [0.1, 0.15) is 11.8 Å². The van der Waals surface area contributed by atoms with Crippen LogP contribution in [0.5, 0.6) is 0 Å². The van der Waals surface area contributed by atoms with E-state index in [1.54, 1.807) is 12.1 Å². The summed E-state index contributed by atoms with van der Waals surface area (Å²) >= 11 is 0. The lowest BCUT2D eigenvalue weighted by Crippen LogP contribution is -2.33. The summed E-state index contributed by atoms with van der Waals surface area (Å²) in [5.41, 5.74) is 6.36. The maximum Gasteiger partial charge on any atom is 0.198 e. The van der Waals surface area contributed by atoms with Crippen LogP contribution in [0.1, 0.15) is 49.4 Å². The van der Waals surface area contributed by atoms with E-state index < -0.39 is 6.04 Å². The van der Waals surface area contributed by atoms with Gasteiger partial charge < -0.3 is 15.1 Å². The number of anilines is 2. The number of rotatable bonds is 1. The zero-order valence-electron chi connectivity index (χ0n) is 18.3. The van der Waals surface area contributed by atoms with Crippen molar-refractivity contribution in [2.45, 2.75) is 46.6 Å². The normalized spacial score (nSPS) is 19.9. The molecule has 1 aromatic heterocycles. The van der Waals surface area contributed by atoms with Gasteiger partial charge in [-0.3, -0.25) is 9.59 Å². The van der Waals surface area contributed by atoms with Crippen molar-refractivity contribution in [3.05, 3.63) is 80.8 Å². The Morgan fingerprint density at radius 2 is 1.71 bits per heavy atom. The Balaban J connectivity index is 1.76. The summed E-state index contributed by atoms with van der Waals surface area (Å²) < 4.78 is 5.81. The van der Waals surface area contributed by atoms with Gasteiger partial charge >= 0.3 is 0 Å². The predicted molar refractivity (Wildman–Crippen MR) is 123 cm³/mol. The minimum atomic E-state index is -0.574. The molecule has 1 aliphatic carbocycles. The Bertz CT molecular complexity index is 1330. The molecule has 2 N–H and O–H groups in total. The molecule has 0 fully saturated rings. The lowest BCUT2D eigenvalue weighted by atomic mass is 9.73. The topological polar surface area (TPSA) is 71.3 Å². The van der Waals surface area contributed by atoms with Gasteiger partial charge in [0.15, 0.2) is 11.2 Å². The molecule has 1 atom stereocenters. The maximum atomic E-state index is 13.4. The Hall–Kier alpha value is -3.34. The summed E-state index contributed by atoms with van der Waals surface area (Å²) in [6.07, 6.45) is 2.68. The summed E-state index contributed by atoms with van der Waals surface area (Å²) in [6.45, 7) is 8.34. The molecule has 2 heterocycles. The fourth-order valence-corrected chi connectivity index (χ4v) is 4.74. The largest absolute Gasteiger partial charge is 0.464 e. The molecule has 0 bridgehead atoms. The van der Waals surface area contributed by atoms with Gasteiger partial charge in [0.05, 0.1) is 28.4 Å². The second kappa shape index (κ2) is 6.84. The van der Waals surface area contributed by atoms with Crippen LogP contribution < -0.4 is 16.1 Å². The molecule has 0 unspecified atom stereocenters. The first-order chi connectivity index (χ1) is 14.7. The molecule has 1 aliphatic heterocycles. The van der Waals surface area contributed by atoms with Crippen molar-refractivity contribution in [1.29, 1.82) is 0 Å². The first-order valence-electron chi connectivity index (χ1n) is 10.6. The van der Waals surface area contributed by atoms with E-state index in [-0.39, 0.29) is 16.6 Å². The second-order valence-electron chi connectivity index (χ2n) is 9.53. The van der Waals surface area contributed by atoms with Gasteiger partial charge in [-0.25, -0.2) is 0 Å². The van der Waals surface area contributed by atoms with Crippen LogP contribution in [0.4, 0.5) is 11.4 Å². The molecule has 5 heteroatoms. The van der Waals surface area contributed by atoms with Crippen molar-refractivity contribution in [2.75, 3.05) is 10.6 Å². The first kappa shape index (κ1) is 19.6. The van der Waals surface area contributed by atoms with Crippen LogP contribution in [0.15, 0.2) is 63.1 Å². The van der Waals surface area contributed by atoms with Crippen LogP contribution in [-0.4, -0.2) is 5.78 Å². The number of ketones is 1. The minimum Gasteiger partial charge on any atom is -0.464 e. The molecular formula is C26H26N2O3. The average molecular weight is 415 g/mol. The predicted octanol–water partition coefficient (Wildman–Crippen LogP) is 5.63. The Kier molecular flexibility index (Phi) is 4.33. The van der Waals surface area contributed by atoms with E-state index in [0.717, 1.165) is 29.1 Å². The molecule has 0 saturated carbocycles. The molecule has 3 aromatic rings. The lowest BCUT2D eigenvalue weighted by Gasteiger charge is -2.33. The van der Waals surface area contributed by atoms with E-state index >= 15 is 0 Å². The third kappa shape index (κ3) is 3.25. The Morgan fingerprint density at radius 3 is 2.48 bits per heavy atom. The molecule has 5 rings (SSSR count). The molecule has 0 amide bonds. The number of hydrogen-bond acceptors (Lipinski definition) is 5. The van der Waals surface area contributed by atoms with Crippen molar-refractivity contribution in [2.24, 2.45) is 5.41 Å².